The van der Waals surface area contributed by atoms with Crippen molar-refractivity contribution < 1.29 is 4.79 Å². The molecule has 0 saturated heterocycles. The van der Waals surface area contributed by atoms with Crippen LogP contribution in [0.1, 0.15) is 40.5 Å². The third-order valence-corrected chi connectivity index (χ3v) is 3.08. The van der Waals surface area contributed by atoms with Gasteiger partial charge >= 0.3 is 0 Å². The molecule has 0 rings (SSSR count). The van der Waals surface area contributed by atoms with Crippen LogP contribution in [0, 0.1) is 0 Å². The second kappa shape index (κ2) is 9.79. The summed E-state index contributed by atoms with van der Waals surface area (Å²) >= 11 is 0. The van der Waals surface area contributed by atoms with Crippen LogP contribution in [0.25, 0.3) is 0 Å². The lowest BCUT2D eigenvalue weighted by molar-refractivity contribution is -0.119. The van der Waals surface area contributed by atoms with Crippen molar-refractivity contribution in [3.8, 4) is 0 Å². The van der Waals surface area contributed by atoms with Crippen LogP contribution in [0.2, 0.25) is 0 Å². The van der Waals surface area contributed by atoms with Gasteiger partial charge in [-0.25, -0.2) is 0 Å². The van der Waals surface area contributed by atoms with Crippen LogP contribution in [0.4, 0.5) is 0 Å². The zero-order chi connectivity index (χ0) is 12.4. The van der Waals surface area contributed by atoms with Crippen molar-refractivity contribution in [2.45, 2.75) is 40.5 Å². The quantitative estimate of drug-likeness (QED) is 0.571. The van der Waals surface area contributed by atoms with E-state index in [1.165, 1.54) is 0 Å². The van der Waals surface area contributed by atoms with Gasteiger partial charge < -0.3 is 4.90 Å². The van der Waals surface area contributed by atoms with Gasteiger partial charge in [-0.15, -0.1) is 0 Å². The van der Waals surface area contributed by atoms with Gasteiger partial charge in [0.25, 0.3) is 0 Å². The molecular formula is C13H28N2O. The summed E-state index contributed by atoms with van der Waals surface area (Å²) in [6, 6.07) is 0. The lowest BCUT2D eigenvalue weighted by Gasteiger charge is -2.22. The largest absolute Gasteiger partial charge is 0.304 e. The summed E-state index contributed by atoms with van der Waals surface area (Å²) < 4.78 is 0. The Morgan fingerprint density at radius 3 is 1.81 bits per heavy atom. The van der Waals surface area contributed by atoms with Crippen molar-refractivity contribution in [2.24, 2.45) is 0 Å². The molecule has 96 valence electrons. The summed E-state index contributed by atoms with van der Waals surface area (Å²) in [5.41, 5.74) is 0. The molecule has 3 heteroatoms. The van der Waals surface area contributed by atoms with Gasteiger partial charge in [0.05, 0.1) is 6.54 Å². The Morgan fingerprint density at radius 2 is 1.38 bits per heavy atom. The molecule has 0 aliphatic carbocycles. The van der Waals surface area contributed by atoms with Crippen LogP contribution in [0.3, 0.4) is 0 Å². The molecule has 0 aliphatic heterocycles. The van der Waals surface area contributed by atoms with Gasteiger partial charge in [0.1, 0.15) is 5.78 Å². The monoisotopic (exact) mass is 228 g/mol. The summed E-state index contributed by atoms with van der Waals surface area (Å²) in [6.45, 7) is 14.5. The van der Waals surface area contributed by atoms with Gasteiger partial charge in [-0.05, 0) is 39.1 Å². The van der Waals surface area contributed by atoms with Gasteiger partial charge in [-0.2, -0.15) is 0 Å². The summed E-state index contributed by atoms with van der Waals surface area (Å²) in [7, 11) is 0. The molecule has 0 bridgehead atoms. The smallest absolute Gasteiger partial charge is 0.146 e. The standard InChI is InChI=1S/C13H28N2O/c1-5-13(16)12-15(8-4)11-9-10-14(6-2)7-3/h5-12H2,1-4H3. The Bertz CT molecular complexity index is 179. The van der Waals surface area contributed by atoms with Crippen molar-refractivity contribution in [1.29, 1.82) is 0 Å². The maximum atomic E-state index is 11.3. The van der Waals surface area contributed by atoms with Gasteiger partial charge in [0.15, 0.2) is 0 Å². The molecule has 16 heavy (non-hydrogen) atoms. The molecule has 0 atom stereocenters. The molecule has 0 saturated carbocycles. The predicted octanol–water partition coefficient (Wildman–Crippen LogP) is 2.02. The Kier molecular flexibility index (Phi) is 9.54. The van der Waals surface area contributed by atoms with Crippen molar-refractivity contribution >= 4 is 5.78 Å². The van der Waals surface area contributed by atoms with Crippen LogP contribution >= 0.6 is 0 Å². The normalized spacial score (nSPS) is 11.4. The highest BCUT2D eigenvalue weighted by atomic mass is 16.1. The molecule has 0 heterocycles. The van der Waals surface area contributed by atoms with Crippen LogP contribution in [0.15, 0.2) is 0 Å². The lowest BCUT2D eigenvalue weighted by atomic mass is 10.2. The van der Waals surface area contributed by atoms with E-state index in [0.717, 1.165) is 39.1 Å². The van der Waals surface area contributed by atoms with Gasteiger partial charge in [-0.3, -0.25) is 9.69 Å². The zero-order valence-electron chi connectivity index (χ0n) is 11.5. The van der Waals surface area contributed by atoms with Gasteiger partial charge in [0.2, 0.25) is 0 Å². The van der Waals surface area contributed by atoms with E-state index in [4.69, 9.17) is 0 Å². The second-order valence-corrected chi connectivity index (χ2v) is 4.14. The van der Waals surface area contributed by atoms with E-state index in [1.54, 1.807) is 0 Å². The SMILES string of the molecule is CCC(=O)CN(CC)CCCN(CC)CC. The van der Waals surface area contributed by atoms with Crippen LogP contribution < -0.4 is 0 Å². The number of Topliss-reactive ketones (excluding diaryl/α,β-unsaturated/α-hetero) is 1. The molecule has 0 radical (unpaired) electrons. The van der Waals surface area contributed by atoms with Crippen LogP contribution in [-0.2, 0) is 4.79 Å². The summed E-state index contributed by atoms with van der Waals surface area (Å²) in [6.07, 6.45) is 1.82. The molecular weight excluding hydrogens is 200 g/mol. The van der Waals surface area contributed by atoms with Crippen molar-refractivity contribution in [3.63, 3.8) is 0 Å². The first kappa shape index (κ1) is 15.6. The molecule has 0 spiro atoms. The highest BCUT2D eigenvalue weighted by Gasteiger charge is 2.07. The molecule has 0 N–H and O–H groups in total. The molecule has 0 amide bonds. The molecule has 0 aromatic rings. The molecule has 0 unspecified atom stereocenters. The van der Waals surface area contributed by atoms with E-state index in [9.17, 15) is 4.79 Å². The molecule has 0 aromatic heterocycles. The second-order valence-electron chi connectivity index (χ2n) is 4.14. The van der Waals surface area contributed by atoms with E-state index < -0.39 is 0 Å². The third kappa shape index (κ3) is 6.96. The van der Waals surface area contributed by atoms with E-state index >= 15 is 0 Å². The minimum Gasteiger partial charge on any atom is -0.304 e. The predicted molar refractivity (Wildman–Crippen MR) is 69.8 cm³/mol. The summed E-state index contributed by atoms with van der Waals surface area (Å²) in [5.74, 6) is 0.352. The number of hydrogen-bond donors (Lipinski definition) is 0. The van der Waals surface area contributed by atoms with Crippen molar-refractivity contribution in [2.75, 3.05) is 39.3 Å². The number of hydrogen-bond acceptors (Lipinski definition) is 3. The topological polar surface area (TPSA) is 23.6 Å². The average molecular weight is 228 g/mol. The first-order chi connectivity index (χ1) is 7.67. The van der Waals surface area contributed by atoms with Crippen LogP contribution in [0.5, 0.6) is 0 Å². The molecule has 3 nitrogen and oxygen atoms in total. The Morgan fingerprint density at radius 1 is 0.875 bits per heavy atom. The first-order valence-corrected chi connectivity index (χ1v) is 6.64. The van der Waals surface area contributed by atoms with E-state index in [0.29, 0.717) is 18.7 Å². The highest BCUT2D eigenvalue weighted by Crippen LogP contribution is 1.96. The molecule has 0 aromatic carbocycles. The zero-order valence-corrected chi connectivity index (χ0v) is 11.5. The maximum absolute atomic E-state index is 11.3. The van der Waals surface area contributed by atoms with Gasteiger partial charge in [-0.1, -0.05) is 27.7 Å². The fraction of sp³-hybridized carbons (Fsp3) is 0.923. The average Bonchev–Trinajstić information content (AvgIpc) is 2.32. The van der Waals surface area contributed by atoms with Gasteiger partial charge in [0, 0.05) is 6.42 Å². The minimum absolute atomic E-state index is 0.352. The number of nitrogens with zero attached hydrogens (tertiary/aromatic N) is 2. The lowest BCUT2D eigenvalue weighted by Crippen LogP contribution is -2.33. The number of carbonyl (C=O) groups is 1. The van der Waals surface area contributed by atoms with Crippen LogP contribution in [-0.4, -0.2) is 54.9 Å². The summed E-state index contributed by atoms with van der Waals surface area (Å²) in [5, 5.41) is 0. The maximum Gasteiger partial charge on any atom is 0.146 e. The summed E-state index contributed by atoms with van der Waals surface area (Å²) in [4.78, 5) is 16.0. The highest BCUT2D eigenvalue weighted by molar-refractivity contribution is 5.80. The minimum atomic E-state index is 0.352. The molecule has 0 aliphatic rings. The fourth-order valence-electron chi connectivity index (χ4n) is 1.77. The van der Waals surface area contributed by atoms with E-state index in [1.807, 2.05) is 6.92 Å². The number of carbonyl (C=O) groups excluding carboxylic acids is 1. The molecule has 0 fully saturated rings. The number of rotatable bonds is 10. The van der Waals surface area contributed by atoms with Crippen molar-refractivity contribution in [1.82, 2.24) is 9.80 Å². The fourth-order valence-corrected chi connectivity index (χ4v) is 1.77. The Hall–Kier alpha value is -0.410. The Balaban J connectivity index is 3.74. The first-order valence-electron chi connectivity index (χ1n) is 6.64. The third-order valence-electron chi connectivity index (χ3n) is 3.08. The van der Waals surface area contributed by atoms with E-state index in [-0.39, 0.29) is 0 Å². The number of ketones is 1. The van der Waals surface area contributed by atoms with Crippen molar-refractivity contribution in [3.05, 3.63) is 0 Å². The number of likely N-dealkylation sites (N-methyl/N-ethyl adjacent to an activating group) is 1. The van der Waals surface area contributed by atoms with E-state index in [2.05, 4.69) is 30.6 Å². The Labute approximate surface area is 101 Å².